The number of esters is 1. The van der Waals surface area contributed by atoms with Crippen LogP contribution in [0.3, 0.4) is 0 Å². The van der Waals surface area contributed by atoms with Crippen molar-refractivity contribution in [3.05, 3.63) is 58.0 Å². The minimum atomic E-state index is -1.22. The van der Waals surface area contributed by atoms with Gasteiger partial charge in [0, 0.05) is 32.1 Å². The third-order valence-corrected chi connectivity index (χ3v) is 6.26. The van der Waals surface area contributed by atoms with Gasteiger partial charge in [-0.25, -0.2) is 14.2 Å². The van der Waals surface area contributed by atoms with Crippen LogP contribution in [0.2, 0.25) is 0 Å². The van der Waals surface area contributed by atoms with Crippen LogP contribution in [-0.4, -0.2) is 54.1 Å². The quantitative estimate of drug-likeness (QED) is 0.471. The number of hydroxylamine groups is 2. The van der Waals surface area contributed by atoms with Gasteiger partial charge in [0.1, 0.15) is 12.4 Å². The van der Waals surface area contributed by atoms with Gasteiger partial charge in [-0.05, 0) is 47.7 Å². The minimum Gasteiger partial charge on any atom is -0.467 e. The predicted octanol–water partition coefficient (Wildman–Crippen LogP) is 3.42. The Morgan fingerprint density at radius 2 is 1.97 bits per heavy atom. The lowest BCUT2D eigenvalue weighted by Gasteiger charge is -2.45. The molecule has 1 fully saturated rings. The normalized spacial score (nSPS) is 16.2. The molecule has 0 spiro atoms. The number of nitrogens with zero attached hydrogens (tertiary/aromatic N) is 2. The van der Waals surface area contributed by atoms with E-state index in [1.807, 2.05) is 0 Å². The molecule has 0 atom stereocenters. The summed E-state index contributed by atoms with van der Waals surface area (Å²) < 4.78 is 19.0. The van der Waals surface area contributed by atoms with Crippen molar-refractivity contribution in [3.8, 4) is 0 Å². The standard InChI is InChI=1S/C22H27FN2O4S/c1-17(26)25(29-15-19-5-3-4-6-20(19)23)22(21(27)28-2)9-12-24(13-10-22)11-7-18-8-14-30-16-18/h3-6,8,14,16H,7,9-13,15H2,1-2H3. The smallest absolute Gasteiger partial charge is 0.334 e. The maximum absolute atomic E-state index is 14.0. The first kappa shape index (κ1) is 22.4. The van der Waals surface area contributed by atoms with Crippen LogP contribution in [0.1, 0.15) is 30.9 Å². The van der Waals surface area contributed by atoms with Gasteiger partial charge in [-0.1, -0.05) is 18.2 Å². The number of benzene rings is 1. The molecule has 0 bridgehead atoms. The lowest BCUT2D eigenvalue weighted by Crippen LogP contribution is -2.61. The van der Waals surface area contributed by atoms with E-state index in [1.165, 1.54) is 25.7 Å². The van der Waals surface area contributed by atoms with E-state index in [2.05, 4.69) is 21.7 Å². The highest BCUT2D eigenvalue weighted by Crippen LogP contribution is 2.32. The Bertz CT molecular complexity index is 851. The number of likely N-dealkylation sites (tertiary alicyclic amines) is 1. The minimum absolute atomic E-state index is 0.146. The van der Waals surface area contributed by atoms with Crippen molar-refractivity contribution >= 4 is 23.2 Å². The summed E-state index contributed by atoms with van der Waals surface area (Å²) in [6.45, 7) is 3.34. The number of carbonyl (C=O) groups excluding carboxylic acids is 2. The Kier molecular flexibility index (Phi) is 7.58. The zero-order valence-electron chi connectivity index (χ0n) is 17.3. The van der Waals surface area contributed by atoms with E-state index in [1.54, 1.807) is 29.5 Å². The van der Waals surface area contributed by atoms with E-state index in [0.717, 1.165) is 18.0 Å². The summed E-state index contributed by atoms with van der Waals surface area (Å²) in [6, 6.07) is 8.32. The van der Waals surface area contributed by atoms with E-state index in [-0.39, 0.29) is 6.61 Å². The first-order valence-corrected chi connectivity index (χ1v) is 10.9. The zero-order chi connectivity index (χ0) is 21.6. The molecular formula is C22H27FN2O4S. The third kappa shape index (κ3) is 5.06. The van der Waals surface area contributed by atoms with Crippen LogP contribution in [0, 0.1) is 5.82 Å². The molecule has 162 valence electrons. The summed E-state index contributed by atoms with van der Waals surface area (Å²) in [5.74, 6) is -1.34. The summed E-state index contributed by atoms with van der Waals surface area (Å²) in [6.07, 6.45) is 1.72. The average Bonchev–Trinajstić information content (AvgIpc) is 3.27. The first-order chi connectivity index (χ1) is 14.5. The fraction of sp³-hybridized carbons (Fsp3) is 0.455. The highest BCUT2D eigenvalue weighted by Gasteiger charge is 2.50. The number of carbonyl (C=O) groups is 2. The molecule has 1 aromatic heterocycles. The number of methoxy groups -OCH3 is 1. The van der Waals surface area contributed by atoms with Gasteiger partial charge in [0.25, 0.3) is 0 Å². The van der Waals surface area contributed by atoms with Crippen LogP contribution in [0.5, 0.6) is 0 Å². The number of hydrogen-bond donors (Lipinski definition) is 0. The van der Waals surface area contributed by atoms with E-state index in [9.17, 15) is 14.0 Å². The summed E-state index contributed by atoms with van der Waals surface area (Å²) in [7, 11) is 1.31. The lowest BCUT2D eigenvalue weighted by molar-refractivity contribution is -0.240. The molecule has 1 amide bonds. The molecule has 3 rings (SSSR count). The molecule has 1 aliphatic rings. The Morgan fingerprint density at radius 3 is 2.57 bits per heavy atom. The Balaban J connectivity index is 1.70. The van der Waals surface area contributed by atoms with Gasteiger partial charge in [-0.3, -0.25) is 9.63 Å². The fourth-order valence-corrected chi connectivity index (χ4v) is 4.52. The molecule has 2 heterocycles. The van der Waals surface area contributed by atoms with Crippen molar-refractivity contribution in [3.63, 3.8) is 0 Å². The highest BCUT2D eigenvalue weighted by molar-refractivity contribution is 7.07. The number of thiophene rings is 1. The molecule has 0 unspecified atom stereocenters. The number of halogens is 1. The van der Waals surface area contributed by atoms with Crippen molar-refractivity contribution in [2.75, 3.05) is 26.7 Å². The molecule has 1 saturated heterocycles. The van der Waals surface area contributed by atoms with Gasteiger partial charge in [-0.15, -0.1) is 0 Å². The molecule has 8 heteroatoms. The van der Waals surface area contributed by atoms with Crippen LogP contribution in [-0.2, 0) is 32.2 Å². The molecule has 0 aliphatic carbocycles. The maximum atomic E-state index is 14.0. The molecule has 2 aromatic rings. The predicted molar refractivity (Wildman–Crippen MR) is 112 cm³/mol. The summed E-state index contributed by atoms with van der Waals surface area (Å²) >= 11 is 1.68. The summed E-state index contributed by atoms with van der Waals surface area (Å²) in [4.78, 5) is 33.2. The number of rotatable bonds is 8. The van der Waals surface area contributed by atoms with Crippen LogP contribution in [0.4, 0.5) is 4.39 Å². The van der Waals surface area contributed by atoms with Gasteiger partial charge in [0.15, 0.2) is 5.54 Å². The Hall–Kier alpha value is -2.29. The zero-order valence-corrected chi connectivity index (χ0v) is 18.1. The second-order valence-electron chi connectivity index (χ2n) is 7.42. The van der Waals surface area contributed by atoms with Crippen LogP contribution in [0.15, 0.2) is 41.1 Å². The maximum Gasteiger partial charge on any atom is 0.334 e. The second-order valence-corrected chi connectivity index (χ2v) is 8.20. The van der Waals surface area contributed by atoms with Crippen molar-refractivity contribution in [2.24, 2.45) is 0 Å². The topological polar surface area (TPSA) is 59.1 Å². The van der Waals surface area contributed by atoms with Crippen LogP contribution in [0.25, 0.3) is 0 Å². The molecule has 1 aromatic carbocycles. The van der Waals surface area contributed by atoms with Crippen molar-refractivity contribution in [2.45, 2.75) is 38.3 Å². The van der Waals surface area contributed by atoms with E-state index in [4.69, 9.17) is 9.57 Å². The number of hydrogen-bond acceptors (Lipinski definition) is 6. The van der Waals surface area contributed by atoms with E-state index >= 15 is 0 Å². The highest BCUT2D eigenvalue weighted by atomic mass is 32.1. The number of ether oxygens (including phenoxy) is 1. The first-order valence-electron chi connectivity index (χ1n) is 9.95. The van der Waals surface area contributed by atoms with Crippen LogP contribution < -0.4 is 0 Å². The molecule has 30 heavy (non-hydrogen) atoms. The SMILES string of the molecule is COC(=O)C1(N(OCc2ccccc2F)C(C)=O)CCN(CCc2ccsc2)CC1. The van der Waals surface area contributed by atoms with Crippen molar-refractivity contribution < 1.29 is 23.6 Å². The van der Waals surface area contributed by atoms with E-state index < -0.39 is 23.2 Å². The summed E-state index contributed by atoms with van der Waals surface area (Å²) in [5.41, 5.74) is 0.394. The summed E-state index contributed by atoms with van der Waals surface area (Å²) in [5, 5.41) is 5.30. The van der Waals surface area contributed by atoms with E-state index in [0.29, 0.717) is 31.5 Å². The number of piperidine rings is 1. The molecule has 0 N–H and O–H groups in total. The molecule has 0 radical (unpaired) electrons. The van der Waals surface area contributed by atoms with Gasteiger partial charge in [0.05, 0.1) is 7.11 Å². The van der Waals surface area contributed by atoms with Gasteiger partial charge >= 0.3 is 5.97 Å². The average molecular weight is 435 g/mol. The largest absolute Gasteiger partial charge is 0.467 e. The Labute approximate surface area is 180 Å². The van der Waals surface area contributed by atoms with Crippen LogP contribution >= 0.6 is 11.3 Å². The Morgan fingerprint density at radius 1 is 1.23 bits per heavy atom. The molecule has 1 aliphatic heterocycles. The lowest BCUT2D eigenvalue weighted by atomic mass is 9.86. The molecule has 6 nitrogen and oxygen atoms in total. The number of amides is 1. The fourth-order valence-electron chi connectivity index (χ4n) is 3.81. The van der Waals surface area contributed by atoms with Gasteiger partial charge < -0.3 is 9.64 Å². The third-order valence-electron chi connectivity index (χ3n) is 5.53. The monoisotopic (exact) mass is 434 g/mol. The molecular weight excluding hydrogens is 407 g/mol. The second kappa shape index (κ2) is 10.1. The molecule has 0 saturated carbocycles. The van der Waals surface area contributed by atoms with Gasteiger partial charge in [0.2, 0.25) is 5.91 Å². The van der Waals surface area contributed by atoms with Crippen molar-refractivity contribution in [1.29, 1.82) is 0 Å². The van der Waals surface area contributed by atoms with Crippen molar-refractivity contribution in [1.82, 2.24) is 9.96 Å². The van der Waals surface area contributed by atoms with Gasteiger partial charge in [-0.2, -0.15) is 11.3 Å².